The van der Waals surface area contributed by atoms with Crippen LogP contribution >= 0.6 is 0 Å². The van der Waals surface area contributed by atoms with Gasteiger partial charge in [0.05, 0.1) is 0 Å². The lowest BCUT2D eigenvalue weighted by Crippen LogP contribution is -2.50. The lowest BCUT2D eigenvalue weighted by molar-refractivity contribution is -0.0524. The molecule has 0 aromatic carbocycles. The van der Waals surface area contributed by atoms with Gasteiger partial charge in [0.2, 0.25) is 0 Å². The molecule has 0 radical (unpaired) electrons. The molecule has 4 aliphatic rings. The molecule has 4 rings (SSSR count). The van der Waals surface area contributed by atoms with E-state index in [4.69, 9.17) is 0 Å². The second kappa shape index (κ2) is 6.94. The zero-order valence-electron chi connectivity index (χ0n) is 17.8. The Morgan fingerprint density at radius 3 is 2.69 bits per heavy atom. The third kappa shape index (κ3) is 2.83. The lowest BCUT2D eigenvalue weighted by Gasteiger charge is -2.58. The minimum atomic E-state index is 0.367. The first-order valence-electron chi connectivity index (χ1n) is 11.7. The maximum Gasteiger partial charge on any atom is 0.0431 e. The summed E-state index contributed by atoms with van der Waals surface area (Å²) in [5.74, 6) is 5.45. The molecule has 0 spiro atoms. The van der Waals surface area contributed by atoms with Crippen LogP contribution in [0.25, 0.3) is 0 Å². The largest absolute Gasteiger partial charge is 0.396 e. The molecule has 0 bridgehead atoms. The zero-order valence-corrected chi connectivity index (χ0v) is 17.8. The number of aliphatic hydroxyl groups excluding tert-OH is 1. The van der Waals surface area contributed by atoms with Crippen LogP contribution in [0.2, 0.25) is 0 Å². The summed E-state index contributed by atoms with van der Waals surface area (Å²) in [6.45, 7) is 10.6. The molecule has 0 aromatic rings. The number of aliphatic hydroxyl groups is 1. The van der Waals surface area contributed by atoms with Crippen LogP contribution in [0.5, 0.6) is 0 Å². The summed E-state index contributed by atoms with van der Waals surface area (Å²) in [5, 5.41) is 9.26. The van der Waals surface area contributed by atoms with Gasteiger partial charge in [0.15, 0.2) is 0 Å². The van der Waals surface area contributed by atoms with Gasteiger partial charge in [-0.2, -0.15) is 0 Å². The Labute approximate surface area is 162 Å². The van der Waals surface area contributed by atoms with Crippen LogP contribution in [-0.4, -0.2) is 11.7 Å². The SMILES string of the molecule is C[C@H]1CC[C@@]2(C)C(=CCC3C2CC[C@@]2(C)C3CC[C@@H]2[C@H](C)CCCO)C1. The van der Waals surface area contributed by atoms with Crippen molar-refractivity contribution in [2.45, 2.75) is 91.9 Å². The van der Waals surface area contributed by atoms with E-state index >= 15 is 0 Å². The molecular weight excluding hydrogens is 316 g/mol. The molecule has 0 aliphatic heterocycles. The number of hydrogen-bond acceptors (Lipinski definition) is 1. The molecule has 1 heteroatoms. The van der Waals surface area contributed by atoms with Crippen molar-refractivity contribution in [3.05, 3.63) is 11.6 Å². The molecule has 0 amide bonds. The van der Waals surface area contributed by atoms with Crippen LogP contribution < -0.4 is 0 Å². The van der Waals surface area contributed by atoms with Crippen molar-refractivity contribution in [2.24, 2.45) is 46.3 Å². The van der Waals surface area contributed by atoms with Crippen molar-refractivity contribution in [1.29, 1.82) is 0 Å². The fraction of sp³-hybridized carbons (Fsp3) is 0.920. The van der Waals surface area contributed by atoms with Gasteiger partial charge in [-0.05, 0) is 111 Å². The van der Waals surface area contributed by atoms with Crippen molar-refractivity contribution in [3.8, 4) is 0 Å². The van der Waals surface area contributed by atoms with Crippen molar-refractivity contribution < 1.29 is 5.11 Å². The molecule has 0 saturated heterocycles. The molecule has 3 unspecified atom stereocenters. The number of hydrogen-bond donors (Lipinski definition) is 1. The average molecular weight is 359 g/mol. The van der Waals surface area contributed by atoms with Gasteiger partial charge in [-0.15, -0.1) is 0 Å². The van der Waals surface area contributed by atoms with E-state index in [-0.39, 0.29) is 0 Å². The maximum absolute atomic E-state index is 9.26. The number of allylic oxidation sites excluding steroid dienone is 2. The summed E-state index contributed by atoms with van der Waals surface area (Å²) in [6.07, 6.45) is 16.4. The van der Waals surface area contributed by atoms with Gasteiger partial charge in [0, 0.05) is 6.61 Å². The summed E-state index contributed by atoms with van der Waals surface area (Å²) in [7, 11) is 0. The summed E-state index contributed by atoms with van der Waals surface area (Å²) >= 11 is 0. The van der Waals surface area contributed by atoms with E-state index in [1.165, 1.54) is 57.8 Å². The minimum Gasteiger partial charge on any atom is -0.396 e. The first-order valence-corrected chi connectivity index (χ1v) is 11.7. The van der Waals surface area contributed by atoms with E-state index in [2.05, 4.69) is 33.8 Å². The maximum atomic E-state index is 9.26. The van der Waals surface area contributed by atoms with E-state index in [0.29, 0.717) is 17.4 Å². The van der Waals surface area contributed by atoms with E-state index in [0.717, 1.165) is 41.9 Å². The highest BCUT2D eigenvalue weighted by Crippen LogP contribution is 2.67. The Balaban J connectivity index is 1.56. The second-order valence-corrected chi connectivity index (χ2v) is 11.2. The summed E-state index contributed by atoms with van der Waals surface area (Å²) in [5.41, 5.74) is 2.93. The zero-order chi connectivity index (χ0) is 18.5. The number of rotatable bonds is 4. The molecule has 3 fully saturated rings. The molecule has 1 N–H and O–H groups in total. The predicted molar refractivity (Wildman–Crippen MR) is 110 cm³/mol. The Morgan fingerprint density at radius 2 is 1.92 bits per heavy atom. The van der Waals surface area contributed by atoms with Crippen LogP contribution in [0, 0.1) is 46.3 Å². The predicted octanol–water partition coefficient (Wildman–Crippen LogP) is 6.61. The highest BCUT2D eigenvalue weighted by Gasteiger charge is 2.58. The second-order valence-electron chi connectivity index (χ2n) is 11.2. The molecule has 0 aromatic heterocycles. The third-order valence-corrected chi connectivity index (χ3v) is 9.93. The molecule has 148 valence electrons. The Bertz CT molecular complexity index is 550. The molecular formula is C25H42O. The van der Waals surface area contributed by atoms with E-state index in [1.54, 1.807) is 0 Å². The van der Waals surface area contributed by atoms with Gasteiger partial charge in [0.1, 0.15) is 0 Å². The quantitative estimate of drug-likeness (QED) is 0.561. The highest BCUT2D eigenvalue weighted by molar-refractivity contribution is 5.25. The average Bonchev–Trinajstić information content (AvgIpc) is 2.97. The molecule has 8 atom stereocenters. The Morgan fingerprint density at radius 1 is 1.12 bits per heavy atom. The van der Waals surface area contributed by atoms with Gasteiger partial charge >= 0.3 is 0 Å². The first-order chi connectivity index (χ1) is 12.4. The standard InChI is InChI=1S/C25H42O/c1-17-11-13-24(3)19(16-17)7-8-20-22-10-9-21(18(2)6-5-15-26)25(22,4)14-12-23(20)24/h7,17-18,20-23,26H,5-6,8-16H2,1-4H3/t17-,18+,20?,21+,22?,23?,24-,25+/m0/s1. The van der Waals surface area contributed by atoms with Crippen molar-refractivity contribution in [3.63, 3.8) is 0 Å². The van der Waals surface area contributed by atoms with E-state index in [9.17, 15) is 5.11 Å². The molecule has 4 aliphatic carbocycles. The van der Waals surface area contributed by atoms with E-state index in [1.807, 2.05) is 5.57 Å². The molecule has 0 heterocycles. The highest BCUT2D eigenvalue weighted by atomic mass is 16.2. The fourth-order valence-electron chi connectivity index (χ4n) is 8.43. The third-order valence-electron chi connectivity index (χ3n) is 9.93. The van der Waals surface area contributed by atoms with Gasteiger partial charge in [-0.25, -0.2) is 0 Å². The first kappa shape index (κ1) is 19.0. The summed E-state index contributed by atoms with van der Waals surface area (Å²) < 4.78 is 0. The van der Waals surface area contributed by atoms with Crippen LogP contribution in [0.1, 0.15) is 91.9 Å². The van der Waals surface area contributed by atoms with E-state index < -0.39 is 0 Å². The molecule has 26 heavy (non-hydrogen) atoms. The van der Waals surface area contributed by atoms with Gasteiger partial charge in [-0.1, -0.05) is 39.3 Å². The summed E-state index contributed by atoms with van der Waals surface area (Å²) in [6, 6.07) is 0. The topological polar surface area (TPSA) is 20.2 Å². The molecule has 1 nitrogen and oxygen atoms in total. The van der Waals surface area contributed by atoms with Crippen LogP contribution in [0.3, 0.4) is 0 Å². The fourth-order valence-corrected chi connectivity index (χ4v) is 8.43. The van der Waals surface area contributed by atoms with Crippen LogP contribution in [0.4, 0.5) is 0 Å². The van der Waals surface area contributed by atoms with Gasteiger partial charge in [0.25, 0.3) is 0 Å². The van der Waals surface area contributed by atoms with Crippen LogP contribution in [0.15, 0.2) is 11.6 Å². The smallest absolute Gasteiger partial charge is 0.0431 e. The lowest BCUT2D eigenvalue weighted by atomic mass is 9.46. The van der Waals surface area contributed by atoms with Crippen molar-refractivity contribution in [2.75, 3.05) is 6.61 Å². The monoisotopic (exact) mass is 358 g/mol. The van der Waals surface area contributed by atoms with Crippen molar-refractivity contribution >= 4 is 0 Å². The Kier molecular flexibility index (Phi) is 5.08. The minimum absolute atomic E-state index is 0.367. The van der Waals surface area contributed by atoms with Crippen LogP contribution in [-0.2, 0) is 0 Å². The normalized spacial score (nSPS) is 49.0. The van der Waals surface area contributed by atoms with Crippen molar-refractivity contribution in [1.82, 2.24) is 0 Å². The summed E-state index contributed by atoms with van der Waals surface area (Å²) in [4.78, 5) is 0. The van der Waals surface area contributed by atoms with Gasteiger partial charge in [-0.3, -0.25) is 0 Å². The number of fused-ring (bicyclic) bond motifs is 5. The Hall–Kier alpha value is -0.300. The molecule has 3 saturated carbocycles. The van der Waals surface area contributed by atoms with Gasteiger partial charge < -0.3 is 5.11 Å².